The van der Waals surface area contributed by atoms with Crippen LogP contribution in [0.3, 0.4) is 0 Å². The van der Waals surface area contributed by atoms with Gasteiger partial charge >= 0.3 is 17.9 Å². The lowest BCUT2D eigenvalue weighted by Crippen LogP contribution is -2.30. The fourth-order valence-electron chi connectivity index (χ4n) is 7.26. The molecule has 0 aliphatic rings. The number of allylic oxidation sites excluding steroid dienone is 22. The molecule has 0 aliphatic heterocycles. The third kappa shape index (κ3) is 54.5. The molecule has 1 atom stereocenters. The lowest BCUT2D eigenvalue weighted by Gasteiger charge is -2.18. The lowest BCUT2D eigenvalue weighted by molar-refractivity contribution is -0.167. The van der Waals surface area contributed by atoms with Gasteiger partial charge in [-0.05, 0) is 128 Å². The Labute approximate surface area is 430 Å². The van der Waals surface area contributed by atoms with Crippen LogP contribution in [0.1, 0.15) is 233 Å². The minimum absolute atomic E-state index is 0.107. The van der Waals surface area contributed by atoms with E-state index in [1.165, 1.54) is 38.5 Å². The maximum absolute atomic E-state index is 12.9. The Hall–Kier alpha value is -4.45. The first-order chi connectivity index (χ1) is 34.5. The molecule has 0 heterocycles. The van der Waals surface area contributed by atoms with Crippen LogP contribution in [0, 0.1) is 0 Å². The van der Waals surface area contributed by atoms with Gasteiger partial charge in [-0.25, -0.2) is 0 Å². The highest BCUT2D eigenvalue weighted by Crippen LogP contribution is 2.14. The number of ether oxygens (including phenoxy) is 3. The van der Waals surface area contributed by atoms with Crippen molar-refractivity contribution in [3.8, 4) is 0 Å². The van der Waals surface area contributed by atoms with E-state index in [1.807, 2.05) is 0 Å². The largest absolute Gasteiger partial charge is 0.462 e. The molecular weight excluding hydrogens is 865 g/mol. The molecule has 0 aromatic heterocycles. The molecule has 0 aromatic carbocycles. The second-order valence-corrected chi connectivity index (χ2v) is 18.0. The topological polar surface area (TPSA) is 78.9 Å². The van der Waals surface area contributed by atoms with Gasteiger partial charge in [-0.2, -0.15) is 0 Å². The number of carbonyl (C=O) groups is 3. The number of unbranched alkanes of at least 4 members (excludes halogenated alkanes) is 16. The second-order valence-electron chi connectivity index (χ2n) is 18.0. The summed E-state index contributed by atoms with van der Waals surface area (Å²) in [4.78, 5) is 38.2. The smallest absolute Gasteiger partial charge is 0.306 e. The summed E-state index contributed by atoms with van der Waals surface area (Å²) in [6, 6.07) is 0. The Kier molecular flexibility index (Phi) is 53.5. The van der Waals surface area contributed by atoms with Gasteiger partial charge in [-0.15, -0.1) is 0 Å². The molecule has 6 nitrogen and oxygen atoms in total. The van der Waals surface area contributed by atoms with E-state index in [0.717, 1.165) is 154 Å². The number of esters is 3. The highest BCUT2D eigenvalue weighted by molar-refractivity contribution is 5.71. The summed E-state index contributed by atoms with van der Waals surface area (Å²) in [5, 5.41) is 0. The van der Waals surface area contributed by atoms with Gasteiger partial charge in [-0.3, -0.25) is 14.4 Å². The SMILES string of the molecule is CC/C=C\C/C=C\C/C=C\C/C=C\C/C=C\CCCCCC(=O)OCC(COC(=O)CCCCCC/C=C\C/C=C\C/C=C\CC)OC(=O)CCCCCCCCCCC/C=C\C/C=C\C/C=C\CC. The molecule has 0 aliphatic carbocycles. The Morgan fingerprint density at radius 3 is 0.814 bits per heavy atom. The maximum Gasteiger partial charge on any atom is 0.306 e. The Morgan fingerprint density at radius 1 is 0.286 bits per heavy atom. The van der Waals surface area contributed by atoms with Crippen molar-refractivity contribution in [2.75, 3.05) is 13.2 Å². The number of hydrogen-bond donors (Lipinski definition) is 0. The molecular formula is C64H102O6. The van der Waals surface area contributed by atoms with Crippen molar-refractivity contribution in [3.63, 3.8) is 0 Å². The van der Waals surface area contributed by atoms with Gasteiger partial charge in [0.25, 0.3) is 0 Å². The first-order valence-electron chi connectivity index (χ1n) is 28.2. The molecule has 0 fully saturated rings. The predicted octanol–water partition coefficient (Wildman–Crippen LogP) is 19.0. The molecule has 0 aromatic rings. The number of hydrogen-bond acceptors (Lipinski definition) is 6. The van der Waals surface area contributed by atoms with Gasteiger partial charge in [0.1, 0.15) is 13.2 Å². The van der Waals surface area contributed by atoms with Crippen LogP contribution >= 0.6 is 0 Å². The predicted molar refractivity (Wildman–Crippen MR) is 302 cm³/mol. The van der Waals surface area contributed by atoms with E-state index in [-0.39, 0.29) is 31.1 Å². The van der Waals surface area contributed by atoms with Gasteiger partial charge in [0.2, 0.25) is 0 Å². The van der Waals surface area contributed by atoms with Crippen molar-refractivity contribution < 1.29 is 28.6 Å². The lowest BCUT2D eigenvalue weighted by atomic mass is 10.1. The van der Waals surface area contributed by atoms with Gasteiger partial charge in [-0.1, -0.05) is 219 Å². The molecule has 0 N–H and O–H groups in total. The number of rotatable bonds is 49. The molecule has 0 spiro atoms. The quantitative estimate of drug-likeness (QED) is 0.0262. The van der Waals surface area contributed by atoms with Crippen LogP contribution in [-0.4, -0.2) is 37.2 Å². The van der Waals surface area contributed by atoms with Crippen molar-refractivity contribution in [1.29, 1.82) is 0 Å². The Morgan fingerprint density at radius 2 is 0.514 bits per heavy atom. The fourth-order valence-corrected chi connectivity index (χ4v) is 7.26. The van der Waals surface area contributed by atoms with Gasteiger partial charge in [0.05, 0.1) is 0 Å². The van der Waals surface area contributed by atoms with Crippen LogP contribution in [0.5, 0.6) is 0 Å². The summed E-state index contributed by atoms with van der Waals surface area (Å²) in [6.45, 7) is 6.24. The summed E-state index contributed by atoms with van der Waals surface area (Å²) in [5.74, 6) is -0.970. The standard InChI is InChI=1S/C64H102O6/c1-4-7-10-13-16-19-22-25-28-30-32-34-36-39-42-45-48-51-54-57-63(66)69-60-61(59-68-62(65)56-53-50-47-44-41-38-27-24-21-18-15-12-9-6-3)70-64(67)58-55-52-49-46-43-40-37-35-33-31-29-26-23-20-17-14-11-8-5-2/h7-12,16-21,25-29,32,34,38-39,42,61H,4-6,13-15,22-24,30-31,33,35-37,40-41,43-60H2,1-3H3/b10-7-,11-8-,12-9-,19-16-,20-17-,21-18-,28-25-,29-26-,34-32-,38-27-,42-39-. The van der Waals surface area contributed by atoms with E-state index < -0.39 is 6.10 Å². The van der Waals surface area contributed by atoms with E-state index in [4.69, 9.17) is 14.2 Å². The van der Waals surface area contributed by atoms with Crippen molar-refractivity contribution in [2.45, 2.75) is 239 Å². The van der Waals surface area contributed by atoms with Crippen LogP contribution in [0.25, 0.3) is 0 Å². The first kappa shape index (κ1) is 65.5. The van der Waals surface area contributed by atoms with Crippen molar-refractivity contribution >= 4 is 17.9 Å². The average molecular weight is 968 g/mol. The van der Waals surface area contributed by atoms with Crippen molar-refractivity contribution in [1.82, 2.24) is 0 Å². The fraction of sp³-hybridized carbons (Fsp3) is 0.609. The molecule has 0 amide bonds. The van der Waals surface area contributed by atoms with E-state index in [9.17, 15) is 14.4 Å². The van der Waals surface area contributed by atoms with Crippen molar-refractivity contribution in [2.24, 2.45) is 0 Å². The third-order valence-electron chi connectivity index (χ3n) is 11.4. The molecule has 394 valence electrons. The van der Waals surface area contributed by atoms with E-state index in [2.05, 4.69) is 154 Å². The normalized spacial score (nSPS) is 13.1. The summed E-state index contributed by atoms with van der Waals surface area (Å²) >= 11 is 0. The van der Waals surface area contributed by atoms with E-state index in [1.54, 1.807) is 0 Å². The second kappa shape index (κ2) is 57.1. The van der Waals surface area contributed by atoms with E-state index >= 15 is 0 Å². The zero-order valence-electron chi connectivity index (χ0n) is 45.0. The molecule has 0 saturated carbocycles. The highest BCUT2D eigenvalue weighted by Gasteiger charge is 2.19. The van der Waals surface area contributed by atoms with Gasteiger partial charge in [0.15, 0.2) is 6.10 Å². The zero-order valence-corrected chi connectivity index (χ0v) is 45.0. The molecule has 0 rings (SSSR count). The van der Waals surface area contributed by atoms with Crippen LogP contribution in [0.15, 0.2) is 134 Å². The van der Waals surface area contributed by atoms with Crippen LogP contribution in [-0.2, 0) is 28.6 Å². The first-order valence-corrected chi connectivity index (χ1v) is 28.2. The third-order valence-corrected chi connectivity index (χ3v) is 11.4. The van der Waals surface area contributed by atoms with Crippen LogP contribution in [0.4, 0.5) is 0 Å². The maximum atomic E-state index is 12.9. The minimum atomic E-state index is -0.810. The van der Waals surface area contributed by atoms with Crippen molar-refractivity contribution in [3.05, 3.63) is 134 Å². The van der Waals surface area contributed by atoms with Gasteiger partial charge in [0, 0.05) is 19.3 Å². The molecule has 0 radical (unpaired) electrons. The molecule has 6 heteroatoms. The average Bonchev–Trinajstić information content (AvgIpc) is 3.36. The summed E-state index contributed by atoms with van der Waals surface area (Å²) < 4.78 is 16.8. The Bertz CT molecular complexity index is 1530. The summed E-state index contributed by atoms with van der Waals surface area (Å²) in [7, 11) is 0. The minimum Gasteiger partial charge on any atom is -0.462 e. The van der Waals surface area contributed by atoms with Crippen LogP contribution < -0.4 is 0 Å². The highest BCUT2D eigenvalue weighted by atomic mass is 16.6. The molecule has 70 heavy (non-hydrogen) atoms. The monoisotopic (exact) mass is 967 g/mol. The summed E-state index contributed by atoms with van der Waals surface area (Å²) in [5.41, 5.74) is 0. The number of carbonyl (C=O) groups excluding carboxylic acids is 3. The molecule has 0 bridgehead atoms. The zero-order chi connectivity index (χ0) is 50.7. The molecule has 1 unspecified atom stereocenters. The Balaban J connectivity index is 4.50. The van der Waals surface area contributed by atoms with Crippen LogP contribution in [0.2, 0.25) is 0 Å². The van der Waals surface area contributed by atoms with E-state index in [0.29, 0.717) is 19.3 Å². The van der Waals surface area contributed by atoms with Gasteiger partial charge < -0.3 is 14.2 Å². The summed E-state index contributed by atoms with van der Waals surface area (Å²) in [6.07, 6.45) is 80.1. The molecule has 0 saturated heterocycles.